The molecule has 3 heterocycles. The number of amides is 2. The number of anilines is 2. The van der Waals surface area contributed by atoms with E-state index in [1.807, 2.05) is 26.1 Å². The maximum Gasteiger partial charge on any atom is 0.256 e. The van der Waals surface area contributed by atoms with Crippen molar-refractivity contribution in [1.82, 2.24) is 14.8 Å². The van der Waals surface area contributed by atoms with Gasteiger partial charge in [0.2, 0.25) is 5.91 Å². The number of fused-ring (bicyclic) bond motifs is 1. The molecule has 8 heteroatoms. The first-order valence-electron chi connectivity index (χ1n) is 11.3. The van der Waals surface area contributed by atoms with E-state index >= 15 is 0 Å². The Morgan fingerprint density at radius 1 is 1.12 bits per heavy atom. The number of piperidine rings is 1. The van der Waals surface area contributed by atoms with Crippen molar-refractivity contribution in [3.8, 4) is 0 Å². The van der Waals surface area contributed by atoms with Gasteiger partial charge >= 0.3 is 0 Å². The fourth-order valence-electron chi connectivity index (χ4n) is 4.62. The van der Waals surface area contributed by atoms with Crippen LogP contribution in [0.1, 0.15) is 70.1 Å². The summed E-state index contributed by atoms with van der Waals surface area (Å²) in [6.07, 6.45) is 5.61. The van der Waals surface area contributed by atoms with Crippen LogP contribution in [0, 0.1) is 6.92 Å². The topological polar surface area (TPSA) is 106 Å². The van der Waals surface area contributed by atoms with E-state index in [0.717, 1.165) is 66.9 Å². The van der Waals surface area contributed by atoms with E-state index in [1.165, 1.54) is 6.42 Å². The highest BCUT2D eigenvalue weighted by atomic mass is 16.2. The van der Waals surface area contributed by atoms with Crippen LogP contribution in [0.15, 0.2) is 24.3 Å². The molecular formula is C24H28N6O2. The molecule has 2 aliphatic rings. The largest absolute Gasteiger partial charge is 0.370 e. The second-order valence-corrected chi connectivity index (χ2v) is 8.87. The lowest BCUT2D eigenvalue weighted by Gasteiger charge is -2.30. The predicted molar refractivity (Wildman–Crippen MR) is 124 cm³/mol. The predicted octanol–water partition coefficient (Wildman–Crippen LogP) is 3.50. The summed E-state index contributed by atoms with van der Waals surface area (Å²) < 4.78 is 1.74. The molecule has 3 N–H and O–H groups in total. The van der Waals surface area contributed by atoms with Gasteiger partial charge in [-0.3, -0.25) is 14.3 Å². The van der Waals surface area contributed by atoms with Gasteiger partial charge in [-0.2, -0.15) is 5.10 Å². The highest BCUT2D eigenvalue weighted by Crippen LogP contribution is 2.40. The van der Waals surface area contributed by atoms with Gasteiger partial charge in [0.25, 0.3) is 5.91 Å². The van der Waals surface area contributed by atoms with E-state index in [4.69, 9.17) is 10.7 Å². The maximum absolute atomic E-state index is 13.6. The minimum Gasteiger partial charge on any atom is -0.370 e. The van der Waals surface area contributed by atoms with Crippen LogP contribution in [0.3, 0.4) is 0 Å². The van der Waals surface area contributed by atoms with Crippen molar-refractivity contribution < 1.29 is 9.59 Å². The van der Waals surface area contributed by atoms with Crippen molar-refractivity contribution in [1.29, 1.82) is 0 Å². The first-order chi connectivity index (χ1) is 15.4. The lowest BCUT2D eigenvalue weighted by Crippen LogP contribution is -2.30. The Morgan fingerprint density at radius 2 is 1.88 bits per heavy atom. The second-order valence-electron chi connectivity index (χ2n) is 8.87. The number of carbonyl (C=O) groups excluding carboxylic acids is 2. The van der Waals surface area contributed by atoms with Crippen LogP contribution >= 0.6 is 0 Å². The Kier molecular flexibility index (Phi) is 5.07. The monoisotopic (exact) mass is 432 g/mol. The van der Waals surface area contributed by atoms with Gasteiger partial charge < -0.3 is 16.0 Å². The van der Waals surface area contributed by atoms with Crippen LogP contribution in [-0.2, 0) is 7.05 Å². The van der Waals surface area contributed by atoms with Crippen LogP contribution in [0.2, 0.25) is 0 Å². The van der Waals surface area contributed by atoms with Gasteiger partial charge in [0.05, 0.1) is 28.0 Å². The standard InChI is InChI=1S/C24H28N6O2/c1-14-21-17(13-18(15-6-7-15)26-23(21)29(2)28-14)24(32)27-19-12-16(22(25)31)8-9-20(19)30-10-4-3-5-11-30/h8-9,12-13,15H,3-7,10-11H2,1-2H3,(H2,25,31)(H,27,32). The molecule has 8 nitrogen and oxygen atoms in total. The molecule has 1 saturated carbocycles. The SMILES string of the molecule is Cc1nn(C)c2nc(C3CC3)cc(C(=O)Nc3cc(C(N)=O)ccc3N3CCCCC3)c12. The Morgan fingerprint density at radius 3 is 2.56 bits per heavy atom. The Bertz CT molecular complexity index is 1220. The van der Waals surface area contributed by atoms with Crippen molar-refractivity contribution in [2.24, 2.45) is 12.8 Å². The average molecular weight is 433 g/mol. The third-order valence-corrected chi connectivity index (χ3v) is 6.45. The number of nitrogens with zero attached hydrogens (tertiary/aromatic N) is 4. The second kappa shape index (κ2) is 7.93. The zero-order valence-electron chi connectivity index (χ0n) is 18.5. The molecule has 2 amide bonds. The average Bonchev–Trinajstić information content (AvgIpc) is 3.60. The molecule has 3 aromatic rings. The molecule has 1 aromatic carbocycles. The fraction of sp³-hybridized carbons (Fsp3) is 0.417. The van der Waals surface area contributed by atoms with E-state index < -0.39 is 5.91 Å². The van der Waals surface area contributed by atoms with Crippen LogP contribution in [0.5, 0.6) is 0 Å². The number of aryl methyl sites for hydroxylation is 2. The van der Waals surface area contributed by atoms with Crippen molar-refractivity contribution in [2.75, 3.05) is 23.3 Å². The van der Waals surface area contributed by atoms with E-state index in [0.29, 0.717) is 22.7 Å². The summed E-state index contributed by atoms with van der Waals surface area (Å²) in [6, 6.07) is 7.19. The number of hydrogen-bond acceptors (Lipinski definition) is 5. The van der Waals surface area contributed by atoms with Crippen molar-refractivity contribution in [2.45, 2.75) is 44.9 Å². The number of nitrogens with one attached hydrogen (secondary N) is 1. The third kappa shape index (κ3) is 3.70. The third-order valence-electron chi connectivity index (χ3n) is 6.45. The van der Waals surface area contributed by atoms with Gasteiger partial charge in [-0.1, -0.05) is 0 Å². The Labute approximate surface area is 186 Å². The molecule has 0 unspecified atom stereocenters. The zero-order chi connectivity index (χ0) is 22.4. The highest BCUT2D eigenvalue weighted by molar-refractivity contribution is 6.14. The molecule has 32 heavy (non-hydrogen) atoms. The highest BCUT2D eigenvalue weighted by Gasteiger charge is 2.29. The number of nitrogens with two attached hydrogens (primary N) is 1. The molecule has 1 saturated heterocycles. The van der Waals surface area contributed by atoms with Gasteiger partial charge in [0.1, 0.15) is 0 Å². The zero-order valence-corrected chi connectivity index (χ0v) is 18.5. The normalized spacial score (nSPS) is 16.4. The molecule has 1 aliphatic heterocycles. The minimum absolute atomic E-state index is 0.227. The van der Waals surface area contributed by atoms with Gasteiger partial charge in [-0.25, -0.2) is 4.98 Å². The molecule has 0 radical (unpaired) electrons. The Balaban J connectivity index is 1.57. The molecule has 2 aromatic heterocycles. The maximum atomic E-state index is 13.6. The summed E-state index contributed by atoms with van der Waals surface area (Å²) in [5.41, 5.74) is 10.4. The van der Waals surface area contributed by atoms with Crippen molar-refractivity contribution in [3.63, 3.8) is 0 Å². The summed E-state index contributed by atoms with van der Waals surface area (Å²) >= 11 is 0. The molecule has 2 fully saturated rings. The molecule has 0 bridgehead atoms. The van der Waals surface area contributed by atoms with Gasteiger partial charge in [0.15, 0.2) is 5.65 Å². The van der Waals surface area contributed by atoms with Gasteiger partial charge in [-0.15, -0.1) is 0 Å². The lowest BCUT2D eigenvalue weighted by molar-refractivity contribution is 0.0996. The molecular weight excluding hydrogens is 404 g/mol. The number of rotatable bonds is 5. The van der Waals surface area contributed by atoms with Crippen LogP contribution in [0.4, 0.5) is 11.4 Å². The lowest BCUT2D eigenvalue weighted by atomic mass is 10.1. The summed E-state index contributed by atoms with van der Waals surface area (Å²) in [6.45, 7) is 3.74. The summed E-state index contributed by atoms with van der Waals surface area (Å²) in [7, 11) is 1.85. The molecule has 0 atom stereocenters. The van der Waals surface area contributed by atoms with Gasteiger partial charge in [-0.05, 0) is 63.3 Å². The summed E-state index contributed by atoms with van der Waals surface area (Å²) in [5.74, 6) is -0.338. The first kappa shape index (κ1) is 20.5. The Hall–Kier alpha value is -3.42. The molecule has 166 valence electrons. The summed E-state index contributed by atoms with van der Waals surface area (Å²) in [4.78, 5) is 32.5. The fourth-order valence-corrected chi connectivity index (χ4v) is 4.62. The van der Waals surface area contributed by atoms with E-state index in [2.05, 4.69) is 15.3 Å². The number of primary amides is 1. The van der Waals surface area contributed by atoms with E-state index in [9.17, 15) is 9.59 Å². The van der Waals surface area contributed by atoms with Crippen molar-refractivity contribution >= 4 is 34.2 Å². The first-order valence-corrected chi connectivity index (χ1v) is 11.3. The minimum atomic E-state index is -0.517. The molecule has 5 rings (SSSR count). The smallest absolute Gasteiger partial charge is 0.256 e. The van der Waals surface area contributed by atoms with Crippen molar-refractivity contribution in [3.05, 3.63) is 46.8 Å². The molecule has 1 aliphatic carbocycles. The summed E-state index contributed by atoms with van der Waals surface area (Å²) in [5, 5.41) is 8.34. The van der Waals surface area contributed by atoms with E-state index in [-0.39, 0.29) is 5.91 Å². The molecule has 0 spiro atoms. The van der Waals surface area contributed by atoms with Crippen LogP contribution < -0.4 is 16.0 Å². The number of hydrogen-bond donors (Lipinski definition) is 2. The van der Waals surface area contributed by atoms with Gasteiger partial charge in [0, 0.05) is 37.3 Å². The number of aromatic nitrogens is 3. The van der Waals surface area contributed by atoms with E-state index in [1.54, 1.807) is 16.8 Å². The quantitative estimate of drug-likeness (QED) is 0.642. The van der Waals surface area contributed by atoms with Crippen LogP contribution in [0.25, 0.3) is 11.0 Å². The number of benzene rings is 1. The number of pyridine rings is 1. The number of carbonyl (C=O) groups is 2. The van der Waals surface area contributed by atoms with Crippen LogP contribution in [-0.4, -0.2) is 39.7 Å².